The number of amides is 1. The molecule has 1 aliphatic rings. The second-order valence-corrected chi connectivity index (χ2v) is 5.68. The molecule has 0 aromatic heterocycles. The molecule has 4 heteroatoms. The first kappa shape index (κ1) is 14.0. The molecular weight excluding hydrogens is 243 g/mol. The first-order valence-corrected chi connectivity index (χ1v) is 6.84. The van der Waals surface area contributed by atoms with E-state index in [9.17, 15) is 9.18 Å². The molecule has 1 aromatic carbocycles. The van der Waals surface area contributed by atoms with E-state index >= 15 is 0 Å². The van der Waals surface area contributed by atoms with Gasteiger partial charge in [0.1, 0.15) is 5.82 Å². The summed E-state index contributed by atoms with van der Waals surface area (Å²) in [5.74, 6) is -0.390. The van der Waals surface area contributed by atoms with E-state index in [1.54, 1.807) is 12.1 Å². The van der Waals surface area contributed by atoms with Crippen LogP contribution in [0.2, 0.25) is 0 Å². The number of hydrogen-bond acceptors (Lipinski definition) is 2. The molecular formula is C15H21FN2O. The molecule has 1 aliphatic carbocycles. The van der Waals surface area contributed by atoms with Crippen LogP contribution in [0.1, 0.15) is 32.6 Å². The minimum atomic E-state index is -0.301. The Morgan fingerprint density at radius 1 is 1.26 bits per heavy atom. The van der Waals surface area contributed by atoms with Crippen molar-refractivity contribution in [3.63, 3.8) is 0 Å². The predicted molar refractivity (Wildman–Crippen MR) is 74.5 cm³/mol. The van der Waals surface area contributed by atoms with Gasteiger partial charge in [0, 0.05) is 12.2 Å². The SMILES string of the molecule is CC1(CNCC(=O)Nc2ccc(F)cc2)CCCC1. The normalized spacial score (nSPS) is 17.4. The summed E-state index contributed by atoms with van der Waals surface area (Å²) in [6.07, 6.45) is 5.05. The van der Waals surface area contributed by atoms with Crippen molar-refractivity contribution in [3.05, 3.63) is 30.1 Å². The summed E-state index contributed by atoms with van der Waals surface area (Å²) in [6, 6.07) is 5.79. The molecule has 0 spiro atoms. The Morgan fingerprint density at radius 2 is 1.89 bits per heavy atom. The van der Waals surface area contributed by atoms with Gasteiger partial charge in [-0.15, -0.1) is 0 Å². The van der Waals surface area contributed by atoms with Crippen molar-refractivity contribution >= 4 is 11.6 Å². The molecule has 1 saturated carbocycles. The minimum Gasteiger partial charge on any atom is -0.325 e. The molecule has 2 N–H and O–H groups in total. The summed E-state index contributed by atoms with van der Waals surface area (Å²) < 4.78 is 12.7. The minimum absolute atomic E-state index is 0.0896. The largest absolute Gasteiger partial charge is 0.325 e. The monoisotopic (exact) mass is 264 g/mol. The summed E-state index contributed by atoms with van der Waals surface area (Å²) in [5, 5.41) is 5.95. The molecule has 0 aliphatic heterocycles. The van der Waals surface area contributed by atoms with E-state index in [0.29, 0.717) is 17.6 Å². The number of rotatable bonds is 5. The molecule has 2 rings (SSSR count). The maximum atomic E-state index is 12.7. The van der Waals surface area contributed by atoms with Gasteiger partial charge in [0.15, 0.2) is 0 Å². The summed E-state index contributed by atoms with van der Waals surface area (Å²) >= 11 is 0. The van der Waals surface area contributed by atoms with Crippen LogP contribution in [0, 0.1) is 11.2 Å². The first-order valence-electron chi connectivity index (χ1n) is 6.84. The average Bonchev–Trinajstić information content (AvgIpc) is 2.79. The lowest BCUT2D eigenvalue weighted by Gasteiger charge is -2.23. The number of carbonyl (C=O) groups is 1. The maximum absolute atomic E-state index is 12.7. The van der Waals surface area contributed by atoms with Gasteiger partial charge in [-0.25, -0.2) is 4.39 Å². The summed E-state index contributed by atoms with van der Waals surface area (Å²) in [6.45, 7) is 3.45. The van der Waals surface area contributed by atoms with Crippen molar-refractivity contribution in [2.75, 3.05) is 18.4 Å². The highest BCUT2D eigenvalue weighted by atomic mass is 19.1. The standard InChI is InChI=1S/C15H21FN2O/c1-15(8-2-3-9-15)11-17-10-14(19)18-13-6-4-12(16)5-7-13/h4-7,17H,2-3,8-11H2,1H3,(H,18,19). The third-order valence-electron chi connectivity index (χ3n) is 3.78. The molecule has 1 fully saturated rings. The lowest BCUT2D eigenvalue weighted by atomic mass is 9.89. The van der Waals surface area contributed by atoms with E-state index in [-0.39, 0.29) is 11.7 Å². The first-order chi connectivity index (χ1) is 9.07. The Morgan fingerprint density at radius 3 is 2.53 bits per heavy atom. The van der Waals surface area contributed by atoms with Gasteiger partial charge in [0.25, 0.3) is 0 Å². The molecule has 19 heavy (non-hydrogen) atoms. The van der Waals surface area contributed by atoms with Gasteiger partial charge in [0.05, 0.1) is 6.54 Å². The van der Waals surface area contributed by atoms with Gasteiger partial charge in [-0.2, -0.15) is 0 Å². The maximum Gasteiger partial charge on any atom is 0.238 e. The van der Waals surface area contributed by atoms with Crippen molar-refractivity contribution in [1.29, 1.82) is 0 Å². The molecule has 0 atom stereocenters. The Kier molecular flexibility index (Phi) is 4.53. The number of halogens is 1. The predicted octanol–water partition coefficient (Wildman–Crippen LogP) is 2.93. The smallest absolute Gasteiger partial charge is 0.238 e. The highest BCUT2D eigenvalue weighted by Gasteiger charge is 2.27. The third kappa shape index (κ3) is 4.31. The van der Waals surface area contributed by atoms with Crippen LogP contribution in [-0.4, -0.2) is 19.0 Å². The van der Waals surface area contributed by atoms with Crippen LogP contribution < -0.4 is 10.6 Å². The van der Waals surface area contributed by atoms with E-state index in [2.05, 4.69) is 17.6 Å². The van der Waals surface area contributed by atoms with Crippen molar-refractivity contribution in [3.8, 4) is 0 Å². The molecule has 0 saturated heterocycles. The number of hydrogen-bond donors (Lipinski definition) is 2. The highest BCUT2D eigenvalue weighted by Crippen LogP contribution is 2.36. The second-order valence-electron chi connectivity index (χ2n) is 5.68. The Hall–Kier alpha value is -1.42. The average molecular weight is 264 g/mol. The van der Waals surface area contributed by atoms with Crippen LogP contribution in [-0.2, 0) is 4.79 Å². The van der Waals surface area contributed by atoms with Gasteiger partial charge in [-0.05, 0) is 42.5 Å². The lowest BCUT2D eigenvalue weighted by molar-refractivity contribution is -0.115. The second kappa shape index (κ2) is 6.15. The summed E-state index contributed by atoms with van der Waals surface area (Å²) in [5.41, 5.74) is 0.969. The quantitative estimate of drug-likeness (QED) is 0.858. The van der Waals surface area contributed by atoms with Crippen molar-refractivity contribution in [2.45, 2.75) is 32.6 Å². The number of benzene rings is 1. The van der Waals surface area contributed by atoms with Gasteiger partial charge < -0.3 is 10.6 Å². The third-order valence-corrected chi connectivity index (χ3v) is 3.78. The fourth-order valence-corrected chi connectivity index (χ4v) is 2.62. The van der Waals surface area contributed by atoms with Gasteiger partial charge in [-0.3, -0.25) is 4.79 Å². The van der Waals surface area contributed by atoms with Gasteiger partial charge in [0.2, 0.25) is 5.91 Å². The number of nitrogens with one attached hydrogen (secondary N) is 2. The molecule has 3 nitrogen and oxygen atoms in total. The number of anilines is 1. The van der Waals surface area contributed by atoms with Crippen LogP contribution >= 0.6 is 0 Å². The van der Waals surface area contributed by atoms with E-state index in [4.69, 9.17) is 0 Å². The van der Waals surface area contributed by atoms with Crippen molar-refractivity contribution in [1.82, 2.24) is 5.32 Å². The Labute approximate surface area is 113 Å². The number of carbonyl (C=O) groups excluding carboxylic acids is 1. The van der Waals surface area contributed by atoms with Crippen molar-refractivity contribution in [2.24, 2.45) is 5.41 Å². The fourth-order valence-electron chi connectivity index (χ4n) is 2.62. The van der Waals surface area contributed by atoms with E-state index in [0.717, 1.165) is 6.54 Å². The zero-order valence-corrected chi connectivity index (χ0v) is 11.3. The molecule has 0 bridgehead atoms. The van der Waals surface area contributed by atoms with Gasteiger partial charge >= 0.3 is 0 Å². The topological polar surface area (TPSA) is 41.1 Å². The Bertz CT molecular complexity index is 424. The molecule has 0 radical (unpaired) electrons. The van der Waals surface area contributed by atoms with Crippen LogP contribution in [0.5, 0.6) is 0 Å². The van der Waals surface area contributed by atoms with Gasteiger partial charge in [-0.1, -0.05) is 19.8 Å². The molecule has 0 heterocycles. The van der Waals surface area contributed by atoms with E-state index in [1.807, 2.05) is 0 Å². The van der Waals surface area contributed by atoms with Crippen LogP contribution in [0.3, 0.4) is 0 Å². The van der Waals surface area contributed by atoms with Crippen molar-refractivity contribution < 1.29 is 9.18 Å². The lowest BCUT2D eigenvalue weighted by Crippen LogP contribution is -2.35. The molecule has 0 unspecified atom stereocenters. The molecule has 104 valence electrons. The van der Waals surface area contributed by atoms with Crippen LogP contribution in [0.25, 0.3) is 0 Å². The fraction of sp³-hybridized carbons (Fsp3) is 0.533. The van der Waals surface area contributed by atoms with E-state index in [1.165, 1.54) is 37.8 Å². The summed E-state index contributed by atoms with van der Waals surface area (Å²) in [4.78, 5) is 11.7. The highest BCUT2D eigenvalue weighted by molar-refractivity contribution is 5.92. The zero-order valence-electron chi connectivity index (χ0n) is 11.3. The van der Waals surface area contributed by atoms with Crippen LogP contribution in [0.15, 0.2) is 24.3 Å². The molecule has 1 amide bonds. The van der Waals surface area contributed by atoms with E-state index < -0.39 is 0 Å². The molecule has 1 aromatic rings. The zero-order chi connectivity index (χ0) is 13.7. The summed E-state index contributed by atoms with van der Waals surface area (Å²) in [7, 11) is 0. The Balaban J connectivity index is 1.71. The van der Waals surface area contributed by atoms with Crippen LogP contribution in [0.4, 0.5) is 10.1 Å².